The van der Waals surface area contributed by atoms with Crippen LogP contribution in [0.5, 0.6) is 0 Å². The molecule has 0 saturated heterocycles. The molecule has 0 saturated carbocycles. The highest BCUT2D eigenvalue weighted by atomic mass is 35.5. The fourth-order valence-corrected chi connectivity index (χ4v) is 1.91. The van der Waals surface area contributed by atoms with E-state index in [0.717, 1.165) is 0 Å². The highest BCUT2D eigenvalue weighted by Gasteiger charge is 2.39. The van der Waals surface area contributed by atoms with Crippen LogP contribution in [0, 0.1) is 0 Å². The minimum absolute atomic E-state index is 0.280. The van der Waals surface area contributed by atoms with E-state index in [1.807, 2.05) is 0 Å². The predicted molar refractivity (Wildman–Crippen MR) is 65.1 cm³/mol. The Bertz CT molecular complexity index is 420. The highest BCUT2D eigenvalue weighted by molar-refractivity contribution is 6.42. The van der Waals surface area contributed by atoms with E-state index in [1.165, 1.54) is 0 Å². The zero-order chi connectivity index (χ0) is 12.5. The number of hydrogen-bond donors (Lipinski definition) is 1. The fraction of sp³-hybridized carbons (Fsp3) is 0.364. The maximum Gasteiger partial charge on any atom is 0.328 e. The van der Waals surface area contributed by atoms with Crippen LogP contribution in [0.4, 0.5) is 0 Å². The van der Waals surface area contributed by atoms with Crippen LogP contribution in [-0.2, 0) is 10.3 Å². The number of rotatable bonds is 3. The standard InChI is InChI=1S/C11H13Cl2NO2/c1-11(10(15)16,14(2)3)7-5-4-6-8(12)9(7)13/h4-6H,1-3H3,(H,15,16). The molecule has 0 amide bonds. The van der Waals surface area contributed by atoms with Crippen LogP contribution in [0.15, 0.2) is 18.2 Å². The van der Waals surface area contributed by atoms with Gasteiger partial charge in [-0.15, -0.1) is 0 Å². The van der Waals surface area contributed by atoms with Gasteiger partial charge in [0.25, 0.3) is 0 Å². The molecule has 0 bridgehead atoms. The van der Waals surface area contributed by atoms with Crippen LogP contribution < -0.4 is 0 Å². The van der Waals surface area contributed by atoms with Crippen molar-refractivity contribution in [2.24, 2.45) is 0 Å². The second kappa shape index (κ2) is 4.62. The van der Waals surface area contributed by atoms with E-state index in [-0.39, 0.29) is 5.02 Å². The van der Waals surface area contributed by atoms with Crippen molar-refractivity contribution in [3.63, 3.8) is 0 Å². The van der Waals surface area contributed by atoms with Gasteiger partial charge in [-0.1, -0.05) is 35.3 Å². The Morgan fingerprint density at radius 3 is 2.38 bits per heavy atom. The molecule has 0 aromatic heterocycles. The van der Waals surface area contributed by atoms with Gasteiger partial charge in [0.1, 0.15) is 5.54 Å². The average molecular weight is 262 g/mol. The van der Waals surface area contributed by atoms with E-state index in [0.29, 0.717) is 10.6 Å². The molecule has 88 valence electrons. The fourth-order valence-electron chi connectivity index (χ4n) is 1.43. The number of carboxylic acids is 1. The van der Waals surface area contributed by atoms with Gasteiger partial charge < -0.3 is 5.11 Å². The molecule has 0 aliphatic heterocycles. The number of hydrogen-bond acceptors (Lipinski definition) is 2. The van der Waals surface area contributed by atoms with Gasteiger partial charge in [-0.25, -0.2) is 4.79 Å². The summed E-state index contributed by atoms with van der Waals surface area (Å²) in [5, 5.41) is 9.96. The van der Waals surface area contributed by atoms with Crippen LogP contribution in [0.1, 0.15) is 12.5 Å². The third-order valence-corrected chi connectivity index (χ3v) is 3.61. The first-order valence-electron chi connectivity index (χ1n) is 4.67. The molecule has 1 unspecified atom stereocenters. The Balaban J connectivity index is 3.44. The third kappa shape index (κ3) is 2.03. The molecule has 1 aromatic rings. The van der Waals surface area contributed by atoms with Gasteiger partial charge in [-0.05, 0) is 27.1 Å². The molecule has 0 spiro atoms. The second-order valence-corrected chi connectivity index (χ2v) is 4.66. The number of benzene rings is 1. The molecule has 16 heavy (non-hydrogen) atoms. The normalized spacial score (nSPS) is 14.9. The zero-order valence-electron chi connectivity index (χ0n) is 9.29. The van der Waals surface area contributed by atoms with E-state index in [1.54, 1.807) is 44.1 Å². The summed E-state index contributed by atoms with van der Waals surface area (Å²) in [6, 6.07) is 4.99. The van der Waals surface area contributed by atoms with Gasteiger partial charge in [-0.2, -0.15) is 0 Å². The van der Waals surface area contributed by atoms with E-state index >= 15 is 0 Å². The van der Waals surface area contributed by atoms with Crippen molar-refractivity contribution in [1.82, 2.24) is 4.90 Å². The first-order valence-corrected chi connectivity index (χ1v) is 5.42. The number of likely N-dealkylation sites (N-methyl/N-ethyl adjacent to an activating group) is 1. The molecular formula is C11H13Cl2NO2. The van der Waals surface area contributed by atoms with Crippen molar-refractivity contribution in [3.8, 4) is 0 Å². The molecule has 0 radical (unpaired) electrons. The van der Waals surface area contributed by atoms with Crippen LogP contribution in [0.2, 0.25) is 10.0 Å². The van der Waals surface area contributed by atoms with Crippen LogP contribution >= 0.6 is 23.2 Å². The van der Waals surface area contributed by atoms with E-state index in [4.69, 9.17) is 23.2 Å². The number of carboxylic acid groups (broad SMARTS) is 1. The van der Waals surface area contributed by atoms with E-state index < -0.39 is 11.5 Å². The van der Waals surface area contributed by atoms with Crippen molar-refractivity contribution in [2.75, 3.05) is 14.1 Å². The van der Waals surface area contributed by atoms with Gasteiger partial charge >= 0.3 is 5.97 Å². The largest absolute Gasteiger partial charge is 0.480 e. The molecule has 1 rings (SSSR count). The highest BCUT2D eigenvalue weighted by Crippen LogP contribution is 2.36. The van der Waals surface area contributed by atoms with Crippen molar-refractivity contribution < 1.29 is 9.90 Å². The average Bonchev–Trinajstić information content (AvgIpc) is 2.20. The molecule has 1 atom stereocenters. The molecular weight excluding hydrogens is 249 g/mol. The van der Waals surface area contributed by atoms with Crippen LogP contribution in [-0.4, -0.2) is 30.1 Å². The van der Waals surface area contributed by atoms with Gasteiger partial charge in [-0.3, -0.25) is 4.90 Å². The minimum atomic E-state index is -1.19. The minimum Gasteiger partial charge on any atom is -0.480 e. The van der Waals surface area contributed by atoms with E-state index in [2.05, 4.69) is 0 Å². The quantitative estimate of drug-likeness (QED) is 0.910. The molecule has 0 heterocycles. The Morgan fingerprint density at radius 1 is 1.38 bits per heavy atom. The monoisotopic (exact) mass is 261 g/mol. The molecule has 3 nitrogen and oxygen atoms in total. The maximum atomic E-state index is 11.4. The third-order valence-electron chi connectivity index (χ3n) is 2.79. The van der Waals surface area contributed by atoms with Crippen molar-refractivity contribution in [1.29, 1.82) is 0 Å². The van der Waals surface area contributed by atoms with Crippen molar-refractivity contribution in [2.45, 2.75) is 12.5 Å². The molecule has 1 N–H and O–H groups in total. The molecule has 5 heteroatoms. The SMILES string of the molecule is CN(C)C(C)(C(=O)O)c1cccc(Cl)c1Cl. The summed E-state index contributed by atoms with van der Waals surface area (Å²) in [7, 11) is 3.37. The summed E-state index contributed by atoms with van der Waals surface area (Å²) in [5.74, 6) is -0.971. The summed E-state index contributed by atoms with van der Waals surface area (Å²) < 4.78 is 0. The van der Waals surface area contributed by atoms with Crippen molar-refractivity contribution in [3.05, 3.63) is 33.8 Å². The van der Waals surface area contributed by atoms with Gasteiger partial charge in [0, 0.05) is 5.56 Å². The van der Waals surface area contributed by atoms with Crippen molar-refractivity contribution >= 4 is 29.2 Å². The lowest BCUT2D eigenvalue weighted by molar-refractivity contribution is -0.149. The van der Waals surface area contributed by atoms with E-state index in [9.17, 15) is 9.90 Å². The number of aliphatic carboxylic acids is 1. The number of carbonyl (C=O) groups is 1. The van der Waals surface area contributed by atoms with Gasteiger partial charge in [0.2, 0.25) is 0 Å². The van der Waals surface area contributed by atoms with Crippen LogP contribution in [0.3, 0.4) is 0 Å². The maximum absolute atomic E-state index is 11.4. The summed E-state index contributed by atoms with van der Waals surface area (Å²) in [4.78, 5) is 13.0. The smallest absolute Gasteiger partial charge is 0.328 e. The van der Waals surface area contributed by atoms with Gasteiger partial charge in [0.05, 0.1) is 10.0 Å². The lowest BCUT2D eigenvalue weighted by atomic mass is 9.91. The Kier molecular flexibility index (Phi) is 3.84. The predicted octanol–water partition coefficient (Wildman–Crippen LogP) is 2.85. The summed E-state index contributed by atoms with van der Waals surface area (Å²) >= 11 is 11.9. The summed E-state index contributed by atoms with van der Waals surface area (Å²) in [6.45, 7) is 1.59. The number of halogens is 2. The summed E-state index contributed by atoms with van der Waals surface area (Å²) in [6.07, 6.45) is 0. The zero-order valence-corrected chi connectivity index (χ0v) is 10.8. The summed E-state index contributed by atoms with van der Waals surface area (Å²) in [5.41, 5.74) is -0.707. The molecule has 0 fully saturated rings. The molecule has 1 aromatic carbocycles. The second-order valence-electron chi connectivity index (χ2n) is 3.87. The number of nitrogens with zero attached hydrogens (tertiary/aromatic N) is 1. The van der Waals surface area contributed by atoms with Crippen LogP contribution in [0.25, 0.3) is 0 Å². The lowest BCUT2D eigenvalue weighted by Gasteiger charge is -2.33. The Hall–Kier alpha value is -0.770. The Morgan fingerprint density at radius 2 is 1.94 bits per heavy atom. The van der Waals surface area contributed by atoms with Gasteiger partial charge in [0.15, 0.2) is 0 Å². The Labute approximate surface area is 105 Å². The first kappa shape index (κ1) is 13.3. The molecule has 0 aliphatic rings. The first-order chi connectivity index (χ1) is 7.31. The topological polar surface area (TPSA) is 40.5 Å². The lowest BCUT2D eigenvalue weighted by Crippen LogP contribution is -2.45. The molecule has 0 aliphatic carbocycles.